The fourth-order valence-corrected chi connectivity index (χ4v) is 5.28. The first-order valence-electron chi connectivity index (χ1n) is 13.2. The van der Waals surface area contributed by atoms with Crippen LogP contribution in [0.2, 0.25) is 0 Å². The highest BCUT2D eigenvalue weighted by molar-refractivity contribution is 5.99. The van der Waals surface area contributed by atoms with E-state index in [-0.39, 0.29) is 12.1 Å². The molecule has 1 aliphatic rings. The lowest BCUT2D eigenvalue weighted by Gasteiger charge is -2.35. The van der Waals surface area contributed by atoms with Crippen LogP contribution in [-0.2, 0) is 24.9 Å². The molecule has 0 radical (unpaired) electrons. The van der Waals surface area contributed by atoms with Gasteiger partial charge in [0.25, 0.3) is 5.91 Å². The minimum Gasteiger partial charge on any atom is -0.371 e. The lowest BCUT2D eigenvalue weighted by molar-refractivity contribution is 0.0334. The van der Waals surface area contributed by atoms with Gasteiger partial charge in [-0.05, 0) is 61.4 Å². The molecule has 1 fully saturated rings. The van der Waals surface area contributed by atoms with Crippen LogP contribution in [0.15, 0.2) is 73.2 Å². The number of rotatable bonds is 9. The Labute approximate surface area is 224 Å². The zero-order valence-electron chi connectivity index (χ0n) is 22.3. The number of hydrogen-bond donors (Lipinski definition) is 1. The third-order valence-corrected chi connectivity index (χ3v) is 7.49. The maximum absolute atomic E-state index is 12.8. The SMILES string of the molecule is Cc1ccc(CN(c2ncc(-c3cnn(C)c3)cc2C(N)=O)[C@H]2CCC[C@@H]2OCc2ccccc2)cc1C. The minimum atomic E-state index is -0.497. The maximum Gasteiger partial charge on any atom is 0.252 e. The van der Waals surface area contributed by atoms with Crippen molar-refractivity contribution in [3.05, 3.63) is 101 Å². The molecule has 7 nitrogen and oxygen atoms in total. The summed E-state index contributed by atoms with van der Waals surface area (Å²) < 4.78 is 8.21. The molecular formula is C31H35N5O2. The second-order valence-electron chi connectivity index (χ2n) is 10.2. The lowest BCUT2D eigenvalue weighted by Crippen LogP contribution is -2.42. The van der Waals surface area contributed by atoms with Gasteiger partial charge in [0, 0.05) is 37.1 Å². The number of nitrogens with two attached hydrogens (primary N) is 1. The van der Waals surface area contributed by atoms with Crippen molar-refractivity contribution in [3.63, 3.8) is 0 Å². The summed E-state index contributed by atoms with van der Waals surface area (Å²) >= 11 is 0. The van der Waals surface area contributed by atoms with Gasteiger partial charge in [-0.3, -0.25) is 9.48 Å². The Morgan fingerprint density at radius 1 is 1.03 bits per heavy atom. The summed E-state index contributed by atoms with van der Waals surface area (Å²) in [5.74, 6) is 0.103. The Hall–Kier alpha value is -3.97. The Balaban J connectivity index is 1.51. The molecule has 1 amide bonds. The molecule has 0 unspecified atom stereocenters. The summed E-state index contributed by atoms with van der Waals surface area (Å²) in [5, 5.41) is 4.26. The highest BCUT2D eigenvalue weighted by atomic mass is 16.5. The average molecular weight is 510 g/mol. The number of carbonyl (C=O) groups is 1. The topological polar surface area (TPSA) is 86.3 Å². The van der Waals surface area contributed by atoms with Gasteiger partial charge >= 0.3 is 0 Å². The molecule has 2 atom stereocenters. The number of pyridine rings is 1. The van der Waals surface area contributed by atoms with E-state index >= 15 is 0 Å². The van der Waals surface area contributed by atoms with Crippen LogP contribution in [0.3, 0.4) is 0 Å². The third kappa shape index (κ3) is 5.63. The van der Waals surface area contributed by atoms with Crippen molar-refractivity contribution in [1.29, 1.82) is 0 Å². The standard InChI is InChI=1S/C31H35N5O2/c1-21-12-13-24(14-22(21)2)18-36(28-10-7-11-29(28)38-20-23-8-5-4-6-9-23)31-27(30(32)37)15-25(16-33-31)26-17-34-35(3)19-26/h4-6,8-9,12-17,19,28-29H,7,10-11,18,20H2,1-3H3,(H2,32,37)/t28-,29-/m0/s1. The summed E-state index contributed by atoms with van der Waals surface area (Å²) in [6.07, 6.45) is 8.45. The summed E-state index contributed by atoms with van der Waals surface area (Å²) in [6.45, 7) is 5.40. The van der Waals surface area contributed by atoms with E-state index < -0.39 is 5.91 Å². The molecule has 1 saturated carbocycles. The number of aromatic nitrogens is 3. The molecule has 0 bridgehead atoms. The second kappa shape index (κ2) is 11.2. The first kappa shape index (κ1) is 25.7. The lowest BCUT2D eigenvalue weighted by atomic mass is 10.0. The van der Waals surface area contributed by atoms with Gasteiger partial charge < -0.3 is 15.4 Å². The van der Waals surface area contributed by atoms with Gasteiger partial charge in [0.05, 0.1) is 30.5 Å². The fourth-order valence-electron chi connectivity index (χ4n) is 5.28. The highest BCUT2D eigenvalue weighted by Crippen LogP contribution is 2.34. The number of ether oxygens (including phenoxy) is 1. The van der Waals surface area contributed by atoms with Gasteiger partial charge in [-0.25, -0.2) is 4.98 Å². The number of benzene rings is 2. The molecular weight excluding hydrogens is 474 g/mol. The van der Waals surface area contributed by atoms with Crippen LogP contribution >= 0.6 is 0 Å². The first-order chi connectivity index (χ1) is 18.4. The van der Waals surface area contributed by atoms with Crippen molar-refractivity contribution < 1.29 is 9.53 Å². The van der Waals surface area contributed by atoms with Crippen LogP contribution in [0.5, 0.6) is 0 Å². The van der Waals surface area contributed by atoms with E-state index in [9.17, 15) is 4.79 Å². The quantitative estimate of drug-likeness (QED) is 0.329. The van der Waals surface area contributed by atoms with Crippen molar-refractivity contribution in [1.82, 2.24) is 14.8 Å². The Morgan fingerprint density at radius 3 is 2.55 bits per heavy atom. The number of nitrogens with zero attached hydrogens (tertiary/aromatic N) is 4. The zero-order chi connectivity index (χ0) is 26.6. The van der Waals surface area contributed by atoms with Crippen molar-refractivity contribution in [2.24, 2.45) is 12.8 Å². The summed E-state index contributed by atoms with van der Waals surface area (Å²) in [7, 11) is 1.86. The van der Waals surface area contributed by atoms with E-state index in [2.05, 4.69) is 54.2 Å². The van der Waals surface area contributed by atoms with Gasteiger partial charge in [-0.1, -0.05) is 48.5 Å². The smallest absolute Gasteiger partial charge is 0.252 e. The van der Waals surface area contributed by atoms with Gasteiger partial charge in [0.2, 0.25) is 0 Å². The third-order valence-electron chi connectivity index (χ3n) is 7.49. The predicted molar refractivity (Wildman–Crippen MR) is 150 cm³/mol. The van der Waals surface area contributed by atoms with Crippen LogP contribution in [0.25, 0.3) is 11.1 Å². The molecule has 2 N–H and O–H groups in total. The summed E-state index contributed by atoms with van der Waals surface area (Å²) in [5.41, 5.74) is 12.9. The number of hydrogen-bond acceptors (Lipinski definition) is 5. The fraction of sp³-hybridized carbons (Fsp3) is 0.323. The summed E-state index contributed by atoms with van der Waals surface area (Å²) in [6, 6.07) is 18.7. The summed E-state index contributed by atoms with van der Waals surface area (Å²) in [4.78, 5) is 19.9. The van der Waals surface area contributed by atoms with E-state index in [1.165, 1.54) is 11.1 Å². The van der Waals surface area contributed by atoms with Crippen molar-refractivity contribution >= 4 is 11.7 Å². The van der Waals surface area contributed by atoms with Crippen molar-refractivity contribution in [3.8, 4) is 11.1 Å². The molecule has 0 spiro atoms. The van der Waals surface area contributed by atoms with Crippen LogP contribution in [-0.4, -0.2) is 32.8 Å². The van der Waals surface area contributed by atoms with E-state index in [0.29, 0.717) is 24.5 Å². The minimum absolute atomic E-state index is 0.0160. The monoisotopic (exact) mass is 509 g/mol. The van der Waals surface area contributed by atoms with E-state index in [0.717, 1.165) is 41.5 Å². The van der Waals surface area contributed by atoms with Gasteiger partial charge in [-0.2, -0.15) is 5.10 Å². The molecule has 1 aliphatic carbocycles. The molecule has 2 aromatic heterocycles. The number of amides is 1. The molecule has 5 rings (SSSR count). The molecule has 0 aliphatic heterocycles. The molecule has 38 heavy (non-hydrogen) atoms. The van der Waals surface area contributed by atoms with Gasteiger partial charge in [0.1, 0.15) is 5.82 Å². The highest BCUT2D eigenvalue weighted by Gasteiger charge is 2.35. The number of carbonyl (C=O) groups excluding carboxylic acids is 1. The van der Waals surface area contributed by atoms with Gasteiger partial charge in [0.15, 0.2) is 0 Å². The Morgan fingerprint density at radius 2 is 1.84 bits per heavy atom. The van der Waals surface area contributed by atoms with Gasteiger partial charge in [-0.15, -0.1) is 0 Å². The largest absolute Gasteiger partial charge is 0.371 e. The number of aryl methyl sites for hydroxylation is 3. The van der Waals surface area contributed by atoms with Crippen LogP contribution in [0.1, 0.15) is 51.9 Å². The molecule has 0 saturated heterocycles. The molecule has 7 heteroatoms. The van der Waals surface area contributed by atoms with Crippen LogP contribution in [0, 0.1) is 13.8 Å². The molecule has 2 aromatic carbocycles. The zero-order valence-corrected chi connectivity index (χ0v) is 22.3. The molecule has 2 heterocycles. The maximum atomic E-state index is 12.8. The number of primary amides is 1. The molecule has 196 valence electrons. The van der Waals surface area contributed by atoms with E-state index in [1.54, 1.807) is 17.1 Å². The van der Waals surface area contributed by atoms with Crippen molar-refractivity contribution in [2.45, 2.75) is 58.4 Å². The van der Waals surface area contributed by atoms with Crippen LogP contribution in [0.4, 0.5) is 5.82 Å². The van der Waals surface area contributed by atoms with Crippen molar-refractivity contribution in [2.75, 3.05) is 4.90 Å². The average Bonchev–Trinajstić information content (AvgIpc) is 3.57. The predicted octanol–water partition coefficient (Wildman–Crippen LogP) is 5.34. The number of anilines is 1. The van der Waals surface area contributed by atoms with Crippen LogP contribution < -0.4 is 10.6 Å². The van der Waals surface area contributed by atoms with E-state index in [4.69, 9.17) is 15.5 Å². The Bertz CT molecular complexity index is 1420. The second-order valence-corrected chi connectivity index (χ2v) is 10.2. The molecule has 4 aromatic rings. The Kier molecular flexibility index (Phi) is 7.56. The first-order valence-corrected chi connectivity index (χ1v) is 13.2. The normalized spacial score (nSPS) is 17.0. The van der Waals surface area contributed by atoms with E-state index in [1.807, 2.05) is 37.5 Å².